The van der Waals surface area contributed by atoms with Crippen LogP contribution in [0.2, 0.25) is 0 Å². The predicted octanol–water partition coefficient (Wildman–Crippen LogP) is 11.1. The SMILES string of the molecule is C.CC1=C2C[C@H]3[C@@H](CCC4=CC(=O)CC[C@@]43C)[C@@H]2CC[C@]12O[C@@H]1C[C@H](C)CN[C@H]1[C@H]2C.C[C@@H]1CN[C@H]2[C@@H](C)[C@@]3(CC[C@H]4[C@@H]5CCC6=CC(=O)CC[C@]6(C)[C@H]5CC45CC53C)O[C@@H]2C1. The number of rotatable bonds is 0. The molecule has 13 aliphatic rings. The number of carbonyl (C=O) groups is 2. The van der Waals surface area contributed by atoms with Crippen molar-refractivity contribution in [2.45, 2.75) is 207 Å². The molecule has 0 amide bonds. The highest BCUT2D eigenvalue weighted by Crippen LogP contribution is 2.87. The maximum absolute atomic E-state index is 12.2. The Balaban J connectivity index is 0.000000137. The topological polar surface area (TPSA) is 76.7 Å². The predicted molar refractivity (Wildman–Crippen MR) is 247 cm³/mol. The first kappa shape index (κ1) is 43.0. The molecule has 20 atom stereocenters. The maximum atomic E-state index is 12.2. The number of carbonyl (C=O) groups excluding carboxylic acids is 2. The quantitative estimate of drug-likeness (QED) is 0.237. The molecule has 10 fully saturated rings. The van der Waals surface area contributed by atoms with Gasteiger partial charge in [-0.15, -0.1) is 0 Å². The number of ether oxygens (including phenoxy) is 2. The van der Waals surface area contributed by atoms with Gasteiger partial charge < -0.3 is 20.1 Å². The van der Waals surface area contributed by atoms with Crippen LogP contribution in [-0.4, -0.2) is 60.1 Å². The summed E-state index contributed by atoms with van der Waals surface area (Å²) in [7, 11) is 0. The summed E-state index contributed by atoms with van der Waals surface area (Å²) in [5.41, 5.74) is 7.79. The average molecular weight is 849 g/mol. The molecular formula is C56H84N2O4. The molecule has 9 aliphatic carbocycles. The Bertz CT molecular complexity index is 2000. The van der Waals surface area contributed by atoms with Crippen LogP contribution in [0, 0.1) is 80.8 Å². The van der Waals surface area contributed by atoms with Crippen LogP contribution >= 0.6 is 0 Å². The molecule has 6 heteroatoms. The molecule has 13 rings (SSSR count). The molecule has 62 heavy (non-hydrogen) atoms. The van der Waals surface area contributed by atoms with Crippen LogP contribution in [-0.2, 0) is 19.1 Å². The van der Waals surface area contributed by atoms with Crippen molar-refractivity contribution in [3.63, 3.8) is 0 Å². The van der Waals surface area contributed by atoms with Crippen LogP contribution in [0.25, 0.3) is 0 Å². The Labute approximate surface area is 375 Å². The van der Waals surface area contributed by atoms with Crippen molar-refractivity contribution < 1.29 is 19.1 Å². The van der Waals surface area contributed by atoms with Crippen LogP contribution < -0.4 is 10.6 Å². The number of allylic oxidation sites excluding steroid dienone is 5. The maximum Gasteiger partial charge on any atom is 0.155 e. The fraction of sp³-hybridized carbons (Fsp3) is 0.857. The summed E-state index contributed by atoms with van der Waals surface area (Å²) in [6.45, 7) is 22.1. The molecule has 4 saturated heterocycles. The van der Waals surface area contributed by atoms with E-state index in [2.05, 4.69) is 72.1 Å². The summed E-state index contributed by atoms with van der Waals surface area (Å²) < 4.78 is 14.2. The summed E-state index contributed by atoms with van der Waals surface area (Å²) in [4.78, 5) is 24.3. The van der Waals surface area contributed by atoms with Gasteiger partial charge in [0, 0.05) is 42.2 Å². The first-order valence-electron chi connectivity index (χ1n) is 26.1. The van der Waals surface area contributed by atoms with E-state index in [1.54, 1.807) is 11.1 Å². The normalized spacial score (nSPS) is 56.3. The van der Waals surface area contributed by atoms with Gasteiger partial charge >= 0.3 is 0 Å². The van der Waals surface area contributed by atoms with Crippen LogP contribution in [0.3, 0.4) is 0 Å². The summed E-state index contributed by atoms with van der Waals surface area (Å²) in [6, 6.07) is 1.08. The Kier molecular flexibility index (Phi) is 9.86. The largest absolute Gasteiger partial charge is 0.369 e. The molecular weight excluding hydrogens is 765 g/mol. The van der Waals surface area contributed by atoms with Crippen LogP contribution in [0.15, 0.2) is 34.4 Å². The van der Waals surface area contributed by atoms with E-state index in [4.69, 9.17) is 9.47 Å². The monoisotopic (exact) mass is 849 g/mol. The molecule has 2 N–H and O–H groups in total. The highest BCUT2D eigenvalue weighted by Gasteiger charge is 2.84. The van der Waals surface area contributed by atoms with Gasteiger partial charge in [0.2, 0.25) is 0 Å². The third-order valence-electron chi connectivity index (χ3n) is 23.4. The zero-order valence-corrected chi connectivity index (χ0v) is 39.3. The van der Waals surface area contributed by atoms with Gasteiger partial charge in [0.05, 0.1) is 23.4 Å². The fourth-order valence-corrected chi connectivity index (χ4v) is 20.0. The molecule has 342 valence electrons. The molecule has 0 radical (unpaired) electrons. The van der Waals surface area contributed by atoms with Gasteiger partial charge in [-0.1, -0.05) is 72.6 Å². The Morgan fingerprint density at radius 3 is 1.92 bits per heavy atom. The van der Waals surface area contributed by atoms with Crippen molar-refractivity contribution in [1.29, 1.82) is 0 Å². The molecule has 0 aromatic heterocycles. The van der Waals surface area contributed by atoms with E-state index in [0.29, 0.717) is 64.4 Å². The average Bonchev–Trinajstić information content (AvgIpc) is 3.54. The lowest BCUT2D eigenvalue weighted by molar-refractivity contribution is -0.147. The Hall–Kier alpha value is -1.60. The van der Waals surface area contributed by atoms with Crippen LogP contribution in [0.5, 0.6) is 0 Å². The van der Waals surface area contributed by atoms with Gasteiger partial charge in [-0.05, 0) is 198 Å². The van der Waals surface area contributed by atoms with Crippen molar-refractivity contribution in [3.8, 4) is 0 Å². The van der Waals surface area contributed by atoms with Crippen molar-refractivity contribution in [1.82, 2.24) is 10.6 Å². The third-order valence-corrected chi connectivity index (χ3v) is 23.4. The van der Waals surface area contributed by atoms with Crippen molar-refractivity contribution in [2.24, 2.45) is 80.8 Å². The first-order chi connectivity index (χ1) is 29.1. The lowest BCUT2D eigenvalue weighted by Crippen LogP contribution is -2.53. The van der Waals surface area contributed by atoms with E-state index < -0.39 is 0 Å². The lowest BCUT2D eigenvalue weighted by atomic mass is 9.56. The molecule has 6 saturated carbocycles. The Morgan fingerprint density at radius 2 is 1.26 bits per heavy atom. The fourth-order valence-electron chi connectivity index (χ4n) is 20.0. The smallest absolute Gasteiger partial charge is 0.155 e. The molecule has 2 unspecified atom stereocenters. The number of nitrogens with one attached hydrogen (secondary N) is 2. The molecule has 3 spiro atoms. The minimum absolute atomic E-state index is 0. The van der Waals surface area contributed by atoms with Crippen molar-refractivity contribution in [3.05, 3.63) is 34.4 Å². The van der Waals surface area contributed by atoms with Gasteiger partial charge in [0.1, 0.15) is 0 Å². The number of ketones is 2. The highest BCUT2D eigenvalue weighted by atomic mass is 16.5. The van der Waals surface area contributed by atoms with Crippen LogP contribution in [0.1, 0.15) is 172 Å². The minimum atomic E-state index is -0.0339. The zero-order valence-electron chi connectivity index (χ0n) is 39.3. The molecule has 4 aliphatic heterocycles. The number of hydrogen-bond acceptors (Lipinski definition) is 6. The molecule has 4 heterocycles. The Morgan fingerprint density at radius 1 is 0.661 bits per heavy atom. The molecule has 0 bridgehead atoms. The van der Waals surface area contributed by atoms with Gasteiger partial charge in [-0.25, -0.2) is 0 Å². The molecule has 0 aromatic carbocycles. The highest BCUT2D eigenvalue weighted by molar-refractivity contribution is 5.92. The van der Waals surface area contributed by atoms with Gasteiger partial charge in [0.15, 0.2) is 11.6 Å². The van der Waals surface area contributed by atoms with Crippen molar-refractivity contribution in [2.75, 3.05) is 13.1 Å². The minimum Gasteiger partial charge on any atom is -0.369 e. The van der Waals surface area contributed by atoms with Crippen LogP contribution in [0.4, 0.5) is 0 Å². The summed E-state index contributed by atoms with van der Waals surface area (Å²) >= 11 is 0. The standard InChI is InChI=1S/C28H41NO2.C27H39NO2.CH4/c1-16-11-23-24(29-14-16)17(2)28(31-23)10-8-21-20-6-5-18-12-19(30)7-9-25(18,3)22(20)13-27(21)15-26(27,28)4;1-15-11-24-25(28-14-15)17(3)27(30-24)10-8-20-21-6-5-18-12-19(29)7-9-26(18,4)23(21)13-22(20)16(27)2;/h12,16-17,20-24,29H,5-11,13-15H2,1-4H3;12,15,17,20-21,23-25,28H,5-11,13-14H2,1-4H3;1H4/t16-,17+,20-,21-,22-,23+,24-,25-,26?,27?,28+;15-,17+,20-,21-,23-,24+,25-,26-,27-;/m00./s1. The molecule has 0 aromatic rings. The van der Waals surface area contributed by atoms with E-state index in [0.717, 1.165) is 86.6 Å². The van der Waals surface area contributed by atoms with Gasteiger partial charge in [-0.2, -0.15) is 0 Å². The summed E-state index contributed by atoms with van der Waals surface area (Å²) in [5, 5.41) is 7.74. The van der Waals surface area contributed by atoms with E-state index in [1.165, 1.54) is 88.2 Å². The summed E-state index contributed by atoms with van der Waals surface area (Å²) in [6.07, 6.45) is 25.2. The number of fused-ring (bicyclic) bond motifs is 12. The first-order valence-corrected chi connectivity index (χ1v) is 26.1. The number of piperidine rings is 2. The molecule has 6 nitrogen and oxygen atoms in total. The second-order valence-corrected chi connectivity index (χ2v) is 25.5. The second-order valence-electron chi connectivity index (χ2n) is 25.5. The summed E-state index contributed by atoms with van der Waals surface area (Å²) in [5.74, 6) is 8.26. The van der Waals surface area contributed by atoms with E-state index in [9.17, 15) is 9.59 Å². The van der Waals surface area contributed by atoms with Gasteiger partial charge in [-0.3, -0.25) is 9.59 Å². The van der Waals surface area contributed by atoms with E-state index >= 15 is 0 Å². The lowest BCUT2D eigenvalue weighted by Gasteiger charge is -2.50. The van der Waals surface area contributed by atoms with Gasteiger partial charge in [0.25, 0.3) is 0 Å². The van der Waals surface area contributed by atoms with E-state index in [-0.39, 0.29) is 29.5 Å². The zero-order chi connectivity index (χ0) is 42.2. The third kappa shape index (κ3) is 5.48. The van der Waals surface area contributed by atoms with E-state index in [1.807, 2.05) is 6.08 Å². The second kappa shape index (κ2) is 14.2. The van der Waals surface area contributed by atoms with Crippen molar-refractivity contribution >= 4 is 11.6 Å². The number of hydrogen-bond donors (Lipinski definition) is 2.